The molecular weight excluding hydrogens is 637 g/mol. The van der Waals surface area contributed by atoms with E-state index in [9.17, 15) is 18.0 Å². The molecule has 206 valence electrons. The van der Waals surface area contributed by atoms with Gasteiger partial charge in [0.05, 0.1) is 27.3 Å². The predicted octanol–water partition coefficient (Wildman–Crippen LogP) is 4.02. The van der Waals surface area contributed by atoms with Gasteiger partial charge in [-0.2, -0.15) is 5.10 Å². The van der Waals surface area contributed by atoms with Crippen molar-refractivity contribution >= 4 is 50.7 Å². The van der Waals surface area contributed by atoms with Crippen LogP contribution in [0.2, 0.25) is 0 Å². The summed E-state index contributed by atoms with van der Waals surface area (Å²) >= 11 is 1.99. The van der Waals surface area contributed by atoms with E-state index in [1.165, 1.54) is 18.3 Å². The molecule has 1 amide bonds. The number of halogens is 1. The second-order valence-corrected chi connectivity index (χ2v) is 11.2. The van der Waals surface area contributed by atoms with Crippen molar-refractivity contribution in [3.8, 4) is 11.5 Å². The van der Waals surface area contributed by atoms with Crippen LogP contribution in [0.1, 0.15) is 36.1 Å². The number of aryl methyl sites for hydroxylation is 1. The van der Waals surface area contributed by atoms with Gasteiger partial charge in [0, 0.05) is 6.42 Å². The first kappa shape index (κ1) is 30.1. The fraction of sp³-hybridized carbons (Fsp3) is 0.222. The zero-order valence-corrected chi connectivity index (χ0v) is 24.2. The summed E-state index contributed by atoms with van der Waals surface area (Å²) in [6.07, 6.45) is 1.20. The van der Waals surface area contributed by atoms with Gasteiger partial charge < -0.3 is 14.6 Å². The molecule has 0 heterocycles. The summed E-state index contributed by atoms with van der Waals surface area (Å²) in [6.45, 7) is 3.46. The van der Waals surface area contributed by atoms with E-state index >= 15 is 0 Å². The van der Waals surface area contributed by atoms with Gasteiger partial charge in [0.1, 0.15) is 0 Å². The molecule has 3 N–H and O–H groups in total. The number of hydrogen-bond acceptors (Lipinski definition) is 7. The highest BCUT2D eigenvalue weighted by molar-refractivity contribution is 14.1. The van der Waals surface area contributed by atoms with E-state index in [0.717, 1.165) is 5.56 Å². The highest BCUT2D eigenvalue weighted by atomic mass is 127. The lowest BCUT2D eigenvalue weighted by atomic mass is 10.0. The van der Waals surface area contributed by atoms with Crippen LogP contribution in [-0.4, -0.2) is 44.8 Å². The summed E-state index contributed by atoms with van der Waals surface area (Å²) in [7, 11) is -3.89. The fourth-order valence-electron chi connectivity index (χ4n) is 3.49. The van der Waals surface area contributed by atoms with Crippen molar-refractivity contribution in [3.05, 3.63) is 87.0 Å². The van der Waals surface area contributed by atoms with Crippen molar-refractivity contribution in [2.45, 2.75) is 31.2 Å². The Kier molecular flexibility index (Phi) is 10.8. The van der Waals surface area contributed by atoms with Crippen molar-refractivity contribution in [1.29, 1.82) is 0 Å². The molecule has 0 aliphatic rings. The van der Waals surface area contributed by atoms with E-state index < -0.39 is 34.5 Å². The van der Waals surface area contributed by atoms with Gasteiger partial charge in [0.25, 0.3) is 0 Å². The van der Waals surface area contributed by atoms with Crippen LogP contribution in [0, 0.1) is 10.5 Å². The van der Waals surface area contributed by atoms with Crippen LogP contribution in [0.25, 0.3) is 0 Å². The lowest BCUT2D eigenvalue weighted by Gasteiger charge is -2.18. The molecule has 1 atom stereocenters. The molecule has 0 bridgehead atoms. The molecule has 0 spiro atoms. The van der Waals surface area contributed by atoms with E-state index in [0.29, 0.717) is 32.8 Å². The first-order valence-corrected chi connectivity index (χ1v) is 14.4. The number of carboxylic acid groups (broad SMARTS) is 1. The number of rotatable bonds is 13. The molecule has 39 heavy (non-hydrogen) atoms. The van der Waals surface area contributed by atoms with E-state index in [-0.39, 0.29) is 11.3 Å². The lowest BCUT2D eigenvalue weighted by Crippen LogP contribution is -2.32. The number of benzene rings is 3. The van der Waals surface area contributed by atoms with Crippen LogP contribution in [0.15, 0.2) is 76.7 Å². The Hall–Kier alpha value is -3.49. The SMILES string of the molecule is CCOc1cc(/C=N\NC(=O)C[C@@H](NS(=O)(=O)c2ccc(C)cc2)c2ccccc2)cc(I)c1OCC(=O)O. The summed E-state index contributed by atoms with van der Waals surface area (Å²) in [6, 6.07) is 17.7. The van der Waals surface area contributed by atoms with Gasteiger partial charge in [-0.15, -0.1) is 0 Å². The maximum atomic E-state index is 13.0. The molecule has 0 aromatic heterocycles. The van der Waals surface area contributed by atoms with Crippen molar-refractivity contribution in [3.63, 3.8) is 0 Å². The molecule has 0 saturated heterocycles. The third-order valence-corrected chi connectivity index (χ3v) is 7.58. The summed E-state index contributed by atoms with van der Waals surface area (Å²) in [5.41, 5.74) is 4.56. The van der Waals surface area contributed by atoms with Gasteiger partial charge in [0.2, 0.25) is 15.9 Å². The van der Waals surface area contributed by atoms with Crippen LogP contribution in [0.4, 0.5) is 0 Å². The second kappa shape index (κ2) is 14.1. The van der Waals surface area contributed by atoms with E-state index in [1.807, 2.05) is 29.5 Å². The van der Waals surface area contributed by atoms with Crippen molar-refractivity contribution < 1.29 is 32.6 Å². The molecule has 0 unspecified atom stereocenters. The Morgan fingerprint density at radius 3 is 2.41 bits per heavy atom. The molecule has 0 saturated carbocycles. The highest BCUT2D eigenvalue weighted by Crippen LogP contribution is 2.34. The average molecular weight is 666 g/mol. The molecule has 0 fully saturated rings. The maximum Gasteiger partial charge on any atom is 0.341 e. The molecule has 3 aromatic carbocycles. The minimum absolute atomic E-state index is 0.1000. The van der Waals surface area contributed by atoms with Gasteiger partial charge in [-0.25, -0.2) is 23.4 Å². The quantitative estimate of drug-likeness (QED) is 0.142. The highest BCUT2D eigenvalue weighted by Gasteiger charge is 2.23. The summed E-state index contributed by atoms with van der Waals surface area (Å²) in [5, 5.41) is 12.9. The number of nitrogens with one attached hydrogen (secondary N) is 2. The third-order valence-electron chi connectivity index (χ3n) is 5.29. The van der Waals surface area contributed by atoms with Crippen LogP contribution in [0.5, 0.6) is 11.5 Å². The molecule has 12 heteroatoms. The number of aliphatic carboxylic acids is 1. The molecular formula is C27H28IN3O7S. The molecule has 10 nitrogen and oxygen atoms in total. The molecule has 0 aliphatic heterocycles. The van der Waals surface area contributed by atoms with Gasteiger partial charge in [-0.05, 0) is 71.8 Å². The number of carbonyl (C=O) groups excluding carboxylic acids is 1. The van der Waals surface area contributed by atoms with Crippen LogP contribution >= 0.6 is 22.6 Å². The Morgan fingerprint density at radius 2 is 1.77 bits per heavy atom. The monoisotopic (exact) mass is 665 g/mol. The zero-order chi connectivity index (χ0) is 28.4. The number of nitrogens with zero attached hydrogens (tertiary/aromatic N) is 1. The number of hydrazone groups is 1. The van der Waals surface area contributed by atoms with E-state index in [4.69, 9.17) is 14.6 Å². The summed E-state index contributed by atoms with van der Waals surface area (Å²) in [4.78, 5) is 23.7. The smallest absolute Gasteiger partial charge is 0.341 e. The van der Waals surface area contributed by atoms with Crippen LogP contribution in [-0.2, 0) is 19.6 Å². The lowest BCUT2D eigenvalue weighted by molar-refractivity contribution is -0.139. The molecule has 3 rings (SSSR count). The van der Waals surface area contributed by atoms with Gasteiger partial charge in [-0.1, -0.05) is 48.0 Å². The van der Waals surface area contributed by atoms with Crippen LogP contribution < -0.4 is 19.6 Å². The number of carboxylic acids is 1. The summed E-state index contributed by atoms with van der Waals surface area (Å²) in [5.74, 6) is -0.981. The number of ether oxygens (including phenoxy) is 2. The number of hydrogen-bond donors (Lipinski definition) is 3. The molecule has 0 radical (unpaired) electrons. The van der Waals surface area contributed by atoms with Crippen molar-refractivity contribution in [2.75, 3.05) is 13.2 Å². The average Bonchev–Trinajstić information content (AvgIpc) is 2.88. The Bertz CT molecular complexity index is 1430. The van der Waals surface area contributed by atoms with Gasteiger partial charge in [0.15, 0.2) is 18.1 Å². The summed E-state index contributed by atoms with van der Waals surface area (Å²) < 4.78 is 40.2. The number of carbonyl (C=O) groups is 2. The maximum absolute atomic E-state index is 13.0. The Labute approximate surface area is 240 Å². The van der Waals surface area contributed by atoms with Crippen LogP contribution in [0.3, 0.4) is 0 Å². The Balaban J connectivity index is 1.74. The van der Waals surface area contributed by atoms with Crippen molar-refractivity contribution in [2.24, 2.45) is 5.10 Å². The molecule has 3 aromatic rings. The van der Waals surface area contributed by atoms with Gasteiger partial charge in [-0.3, -0.25) is 4.79 Å². The number of amides is 1. The predicted molar refractivity (Wildman–Crippen MR) is 154 cm³/mol. The fourth-order valence-corrected chi connectivity index (χ4v) is 5.50. The largest absolute Gasteiger partial charge is 0.490 e. The third kappa shape index (κ3) is 9.04. The standard InChI is InChI=1S/C27H28IN3O7S/c1-3-37-24-14-19(13-22(28)27(24)38-17-26(33)34)16-29-30-25(32)15-23(20-7-5-4-6-8-20)31-39(35,36)21-11-9-18(2)10-12-21/h4-14,16,23,31H,3,15,17H2,1-2H3,(H,30,32)(H,33,34)/b29-16-/t23-/m1/s1. The van der Waals surface area contributed by atoms with E-state index in [1.54, 1.807) is 61.5 Å². The first-order chi connectivity index (χ1) is 18.6. The second-order valence-electron chi connectivity index (χ2n) is 8.34. The zero-order valence-electron chi connectivity index (χ0n) is 21.3. The number of sulfonamides is 1. The Morgan fingerprint density at radius 1 is 1.08 bits per heavy atom. The first-order valence-electron chi connectivity index (χ1n) is 11.9. The minimum atomic E-state index is -3.89. The van der Waals surface area contributed by atoms with Crippen molar-refractivity contribution in [1.82, 2.24) is 10.1 Å². The topological polar surface area (TPSA) is 143 Å². The normalized spacial score (nSPS) is 12.2. The van der Waals surface area contributed by atoms with Gasteiger partial charge >= 0.3 is 5.97 Å². The minimum Gasteiger partial charge on any atom is -0.490 e. The molecule has 0 aliphatic carbocycles. The van der Waals surface area contributed by atoms with E-state index in [2.05, 4.69) is 15.2 Å².